The van der Waals surface area contributed by atoms with Crippen LogP contribution in [0.4, 0.5) is 5.69 Å². The summed E-state index contributed by atoms with van der Waals surface area (Å²) in [4.78, 5) is 11.8. The van der Waals surface area contributed by atoms with E-state index in [1.807, 2.05) is 19.1 Å². The highest BCUT2D eigenvalue weighted by Gasteiger charge is 2.17. The van der Waals surface area contributed by atoms with Gasteiger partial charge in [0, 0.05) is 19.9 Å². The van der Waals surface area contributed by atoms with Crippen molar-refractivity contribution < 1.29 is 14.3 Å². The molecular formula is C13H20N2O3. The minimum absolute atomic E-state index is 0.0906. The Kier molecular flexibility index (Phi) is 5.61. The molecule has 0 saturated heterocycles. The summed E-state index contributed by atoms with van der Waals surface area (Å²) in [7, 11) is 3.07. The molecule has 1 rings (SSSR count). The highest BCUT2D eigenvalue weighted by atomic mass is 16.7. The zero-order valence-corrected chi connectivity index (χ0v) is 11.0. The zero-order valence-electron chi connectivity index (χ0n) is 11.0. The Labute approximate surface area is 107 Å². The average Bonchev–Trinajstić information content (AvgIpc) is 2.30. The molecule has 3 N–H and O–H groups in total. The van der Waals surface area contributed by atoms with Crippen molar-refractivity contribution in [1.29, 1.82) is 0 Å². The molecule has 100 valence electrons. The van der Waals surface area contributed by atoms with E-state index in [1.165, 1.54) is 14.2 Å². The highest BCUT2D eigenvalue weighted by Crippen LogP contribution is 2.07. The number of amides is 1. The Morgan fingerprint density at radius 1 is 1.39 bits per heavy atom. The van der Waals surface area contributed by atoms with Crippen molar-refractivity contribution in [1.82, 2.24) is 5.32 Å². The maximum Gasteiger partial charge on any atom is 0.224 e. The van der Waals surface area contributed by atoms with Gasteiger partial charge in [-0.1, -0.05) is 12.1 Å². The first-order valence-corrected chi connectivity index (χ1v) is 5.76. The number of nitrogens with two attached hydrogens (primary N) is 1. The SMILES string of the molecule is COC(OC)C(C)NC(=O)Cc1cccc(N)c1. The Hall–Kier alpha value is -1.59. The molecule has 0 aliphatic carbocycles. The molecule has 1 aromatic carbocycles. The number of ether oxygens (including phenoxy) is 2. The summed E-state index contributed by atoms with van der Waals surface area (Å²) in [5.41, 5.74) is 7.19. The number of carbonyl (C=O) groups is 1. The van der Waals surface area contributed by atoms with Gasteiger partial charge in [0.1, 0.15) is 0 Å². The number of anilines is 1. The van der Waals surface area contributed by atoms with Crippen LogP contribution < -0.4 is 11.1 Å². The number of hydrogen-bond acceptors (Lipinski definition) is 4. The lowest BCUT2D eigenvalue weighted by Gasteiger charge is -2.22. The first kappa shape index (κ1) is 14.5. The van der Waals surface area contributed by atoms with Crippen LogP contribution in [0.15, 0.2) is 24.3 Å². The second-order valence-electron chi connectivity index (χ2n) is 4.12. The van der Waals surface area contributed by atoms with Gasteiger partial charge in [0.15, 0.2) is 6.29 Å². The lowest BCUT2D eigenvalue weighted by atomic mass is 10.1. The summed E-state index contributed by atoms with van der Waals surface area (Å²) in [5, 5.41) is 2.82. The molecule has 1 atom stereocenters. The molecule has 0 aromatic heterocycles. The third kappa shape index (κ3) is 4.35. The summed E-state index contributed by atoms with van der Waals surface area (Å²) in [6.07, 6.45) is -0.162. The summed E-state index contributed by atoms with van der Waals surface area (Å²) >= 11 is 0. The molecule has 5 nitrogen and oxygen atoms in total. The van der Waals surface area contributed by atoms with Crippen LogP contribution >= 0.6 is 0 Å². The van der Waals surface area contributed by atoms with Gasteiger partial charge in [-0.05, 0) is 24.6 Å². The summed E-state index contributed by atoms with van der Waals surface area (Å²) in [6.45, 7) is 1.83. The molecule has 5 heteroatoms. The molecule has 1 amide bonds. The fraction of sp³-hybridized carbons (Fsp3) is 0.462. The molecule has 0 bridgehead atoms. The van der Waals surface area contributed by atoms with E-state index in [1.54, 1.807) is 12.1 Å². The largest absolute Gasteiger partial charge is 0.399 e. The van der Waals surface area contributed by atoms with Gasteiger partial charge >= 0.3 is 0 Å². The number of nitrogen functional groups attached to an aromatic ring is 1. The number of benzene rings is 1. The number of carbonyl (C=O) groups excluding carboxylic acids is 1. The van der Waals surface area contributed by atoms with E-state index in [9.17, 15) is 4.79 Å². The summed E-state index contributed by atoms with van der Waals surface area (Å²) in [5.74, 6) is -0.0906. The van der Waals surface area contributed by atoms with Crippen LogP contribution in [0.2, 0.25) is 0 Å². The zero-order chi connectivity index (χ0) is 13.5. The van der Waals surface area contributed by atoms with Crippen molar-refractivity contribution in [3.05, 3.63) is 29.8 Å². The molecule has 0 heterocycles. The predicted octanol–water partition coefficient (Wildman–Crippen LogP) is 0.935. The Morgan fingerprint density at radius 2 is 2.06 bits per heavy atom. The highest BCUT2D eigenvalue weighted by molar-refractivity contribution is 5.79. The minimum Gasteiger partial charge on any atom is -0.399 e. The van der Waals surface area contributed by atoms with Gasteiger partial charge in [-0.15, -0.1) is 0 Å². The third-order valence-corrected chi connectivity index (χ3v) is 2.58. The smallest absolute Gasteiger partial charge is 0.224 e. The van der Waals surface area contributed by atoms with Crippen molar-refractivity contribution in [3.8, 4) is 0 Å². The van der Waals surface area contributed by atoms with Gasteiger partial charge in [-0.3, -0.25) is 4.79 Å². The fourth-order valence-electron chi connectivity index (χ4n) is 1.77. The number of rotatable bonds is 6. The van der Waals surface area contributed by atoms with Crippen molar-refractivity contribution in [2.45, 2.75) is 25.7 Å². The molecule has 0 aliphatic rings. The maximum atomic E-state index is 11.8. The molecule has 1 unspecified atom stereocenters. The van der Waals surface area contributed by atoms with E-state index in [2.05, 4.69) is 5.32 Å². The van der Waals surface area contributed by atoms with Gasteiger partial charge in [0.25, 0.3) is 0 Å². The Bertz CT molecular complexity index is 392. The number of nitrogens with one attached hydrogen (secondary N) is 1. The normalized spacial score (nSPS) is 12.4. The van der Waals surface area contributed by atoms with Crippen LogP contribution in [-0.4, -0.2) is 32.5 Å². The van der Waals surface area contributed by atoms with Gasteiger partial charge in [-0.2, -0.15) is 0 Å². The lowest BCUT2D eigenvalue weighted by molar-refractivity contribution is -0.135. The van der Waals surface area contributed by atoms with E-state index in [-0.39, 0.29) is 18.4 Å². The summed E-state index contributed by atoms with van der Waals surface area (Å²) < 4.78 is 10.1. The van der Waals surface area contributed by atoms with Crippen LogP contribution in [0, 0.1) is 0 Å². The summed E-state index contributed by atoms with van der Waals surface area (Å²) in [6, 6.07) is 7.05. The van der Waals surface area contributed by atoms with Gasteiger partial charge in [-0.25, -0.2) is 0 Å². The average molecular weight is 252 g/mol. The van der Waals surface area contributed by atoms with Crippen molar-refractivity contribution in [3.63, 3.8) is 0 Å². The van der Waals surface area contributed by atoms with Crippen molar-refractivity contribution >= 4 is 11.6 Å². The van der Waals surface area contributed by atoms with E-state index in [4.69, 9.17) is 15.2 Å². The topological polar surface area (TPSA) is 73.6 Å². The predicted molar refractivity (Wildman–Crippen MR) is 70.0 cm³/mol. The molecule has 0 radical (unpaired) electrons. The van der Waals surface area contributed by atoms with Crippen molar-refractivity contribution in [2.75, 3.05) is 20.0 Å². The fourth-order valence-corrected chi connectivity index (χ4v) is 1.77. The van der Waals surface area contributed by atoms with Crippen LogP contribution in [0.1, 0.15) is 12.5 Å². The molecule has 0 saturated carbocycles. The second-order valence-corrected chi connectivity index (χ2v) is 4.12. The van der Waals surface area contributed by atoms with Crippen LogP contribution in [0.5, 0.6) is 0 Å². The van der Waals surface area contributed by atoms with Crippen LogP contribution in [0.3, 0.4) is 0 Å². The quantitative estimate of drug-likeness (QED) is 0.583. The number of methoxy groups -OCH3 is 2. The Morgan fingerprint density at radius 3 is 2.61 bits per heavy atom. The standard InChI is InChI=1S/C13H20N2O3/c1-9(13(17-2)18-3)15-12(16)8-10-5-4-6-11(14)7-10/h4-7,9,13H,8,14H2,1-3H3,(H,15,16). The molecule has 18 heavy (non-hydrogen) atoms. The van der Waals surface area contributed by atoms with Gasteiger partial charge in [0.2, 0.25) is 5.91 Å². The van der Waals surface area contributed by atoms with E-state index in [0.717, 1.165) is 5.56 Å². The molecule has 0 fully saturated rings. The van der Waals surface area contributed by atoms with E-state index < -0.39 is 6.29 Å². The minimum atomic E-state index is -0.449. The first-order valence-electron chi connectivity index (χ1n) is 5.76. The Balaban J connectivity index is 2.51. The monoisotopic (exact) mass is 252 g/mol. The van der Waals surface area contributed by atoms with E-state index >= 15 is 0 Å². The van der Waals surface area contributed by atoms with E-state index in [0.29, 0.717) is 5.69 Å². The first-order chi connectivity index (χ1) is 8.56. The lowest BCUT2D eigenvalue weighted by Crippen LogP contribution is -2.43. The number of hydrogen-bond donors (Lipinski definition) is 2. The van der Waals surface area contributed by atoms with Crippen LogP contribution in [0.25, 0.3) is 0 Å². The van der Waals surface area contributed by atoms with Gasteiger partial charge in [0.05, 0.1) is 12.5 Å². The second kappa shape index (κ2) is 6.98. The third-order valence-electron chi connectivity index (χ3n) is 2.58. The molecule has 0 spiro atoms. The molecule has 1 aromatic rings. The molecular weight excluding hydrogens is 232 g/mol. The van der Waals surface area contributed by atoms with Crippen LogP contribution in [-0.2, 0) is 20.7 Å². The van der Waals surface area contributed by atoms with Gasteiger partial charge < -0.3 is 20.5 Å². The maximum absolute atomic E-state index is 11.8. The molecule has 0 aliphatic heterocycles. The van der Waals surface area contributed by atoms with Crippen molar-refractivity contribution in [2.24, 2.45) is 0 Å².